The number of hydrogen-bond acceptors (Lipinski definition) is 1. The van der Waals surface area contributed by atoms with Gasteiger partial charge in [-0.1, -0.05) is 38.9 Å². The third-order valence-electron chi connectivity index (χ3n) is 2.70. The topological polar surface area (TPSA) is 9.23 Å². The van der Waals surface area contributed by atoms with Gasteiger partial charge in [0.2, 0.25) is 0 Å². The summed E-state index contributed by atoms with van der Waals surface area (Å²) in [6.07, 6.45) is 1.05. The summed E-state index contributed by atoms with van der Waals surface area (Å²) in [4.78, 5) is 0. The Morgan fingerprint density at radius 3 is 1.50 bits per heavy atom. The molecule has 0 saturated heterocycles. The molecular formula is C8H20OSi. The quantitative estimate of drug-likeness (QED) is 0.562. The van der Waals surface area contributed by atoms with Crippen LogP contribution in [0.15, 0.2) is 0 Å². The summed E-state index contributed by atoms with van der Waals surface area (Å²) in [7, 11) is 0.883. The lowest BCUT2D eigenvalue weighted by atomic mass is 10.9. The van der Waals surface area contributed by atoms with Gasteiger partial charge in [-0.2, -0.15) is 0 Å². The van der Waals surface area contributed by atoms with Crippen LogP contribution < -0.4 is 0 Å². The van der Waals surface area contributed by atoms with Gasteiger partial charge in [0.15, 0.2) is 0 Å². The standard InChI is InChI=1S/C8H20OSi/c1-5-10(6-2,7-3)8-9-4/h5-8H2,1-4H3. The Morgan fingerprint density at radius 2 is 1.40 bits per heavy atom. The maximum Gasteiger partial charge on any atom is 0.0829 e. The van der Waals surface area contributed by atoms with Gasteiger partial charge in [-0.3, -0.25) is 0 Å². The van der Waals surface area contributed by atoms with Crippen LogP contribution in [-0.2, 0) is 4.74 Å². The highest BCUT2D eigenvalue weighted by Crippen LogP contribution is 2.19. The van der Waals surface area contributed by atoms with Crippen molar-refractivity contribution in [2.45, 2.75) is 38.9 Å². The zero-order valence-electron chi connectivity index (χ0n) is 7.74. The second-order valence-electron chi connectivity index (χ2n) is 2.99. The van der Waals surface area contributed by atoms with E-state index in [1.807, 2.05) is 7.11 Å². The Morgan fingerprint density at radius 1 is 1.00 bits per heavy atom. The first kappa shape index (κ1) is 10.2. The predicted octanol–water partition coefficient (Wildman–Crippen LogP) is 2.68. The highest BCUT2D eigenvalue weighted by molar-refractivity contribution is 6.79. The van der Waals surface area contributed by atoms with Gasteiger partial charge in [-0.25, -0.2) is 0 Å². The molecule has 0 aromatic rings. The molecule has 0 aliphatic rings. The zero-order valence-corrected chi connectivity index (χ0v) is 8.74. The highest BCUT2D eigenvalue weighted by Gasteiger charge is 2.25. The molecule has 0 fully saturated rings. The van der Waals surface area contributed by atoms with Crippen LogP contribution in [0.1, 0.15) is 20.8 Å². The summed E-state index contributed by atoms with van der Waals surface area (Å²) < 4.78 is 5.24. The summed E-state index contributed by atoms with van der Waals surface area (Å²) >= 11 is 0. The summed E-state index contributed by atoms with van der Waals surface area (Å²) in [6.45, 7) is 6.91. The van der Waals surface area contributed by atoms with Crippen LogP contribution in [0.2, 0.25) is 18.1 Å². The van der Waals surface area contributed by atoms with Gasteiger partial charge in [0, 0.05) is 13.3 Å². The van der Waals surface area contributed by atoms with Crippen molar-refractivity contribution in [1.82, 2.24) is 0 Å². The molecule has 0 aromatic heterocycles. The molecule has 0 radical (unpaired) electrons. The average Bonchev–Trinajstić information content (AvgIpc) is 2.01. The summed E-state index contributed by atoms with van der Waals surface area (Å²) in [5.74, 6) is 0. The molecule has 0 bridgehead atoms. The summed E-state index contributed by atoms with van der Waals surface area (Å²) in [5.41, 5.74) is 0. The lowest BCUT2D eigenvalue weighted by Crippen LogP contribution is -2.37. The van der Waals surface area contributed by atoms with Crippen molar-refractivity contribution in [2.24, 2.45) is 0 Å². The van der Waals surface area contributed by atoms with Crippen LogP contribution in [0.3, 0.4) is 0 Å². The van der Waals surface area contributed by atoms with Crippen LogP contribution in [0.25, 0.3) is 0 Å². The normalized spacial score (nSPS) is 12.0. The number of ether oxygens (including phenoxy) is 1. The van der Waals surface area contributed by atoms with Gasteiger partial charge in [-0.15, -0.1) is 0 Å². The molecule has 1 nitrogen and oxygen atoms in total. The van der Waals surface area contributed by atoms with E-state index in [1.54, 1.807) is 0 Å². The Hall–Kier alpha value is 0.177. The summed E-state index contributed by atoms with van der Waals surface area (Å²) in [5, 5.41) is 0. The molecular weight excluding hydrogens is 140 g/mol. The van der Waals surface area contributed by atoms with Crippen molar-refractivity contribution in [3.05, 3.63) is 0 Å². The van der Waals surface area contributed by atoms with Crippen molar-refractivity contribution in [2.75, 3.05) is 13.3 Å². The van der Waals surface area contributed by atoms with Crippen molar-refractivity contribution >= 4 is 8.07 Å². The molecule has 0 unspecified atom stereocenters. The fourth-order valence-electron chi connectivity index (χ4n) is 1.36. The van der Waals surface area contributed by atoms with Gasteiger partial charge in [0.05, 0.1) is 8.07 Å². The smallest absolute Gasteiger partial charge is 0.0829 e. The minimum Gasteiger partial charge on any atom is -0.388 e. The molecule has 0 N–H and O–H groups in total. The fourth-order valence-corrected chi connectivity index (χ4v) is 4.09. The van der Waals surface area contributed by atoms with Crippen molar-refractivity contribution in [3.63, 3.8) is 0 Å². The van der Waals surface area contributed by atoms with E-state index in [2.05, 4.69) is 20.8 Å². The molecule has 0 heterocycles. The van der Waals surface area contributed by atoms with Gasteiger partial charge in [0.1, 0.15) is 0 Å². The molecule has 0 aliphatic heterocycles. The van der Waals surface area contributed by atoms with Crippen LogP contribution in [-0.4, -0.2) is 21.4 Å². The van der Waals surface area contributed by atoms with Gasteiger partial charge < -0.3 is 4.74 Å². The number of hydrogen-bond donors (Lipinski definition) is 0. The SMILES string of the molecule is CC[Si](CC)(CC)COC. The fraction of sp³-hybridized carbons (Fsp3) is 1.00. The van der Waals surface area contributed by atoms with E-state index in [-0.39, 0.29) is 0 Å². The molecule has 0 aromatic carbocycles. The molecule has 0 spiro atoms. The van der Waals surface area contributed by atoms with Crippen molar-refractivity contribution in [3.8, 4) is 0 Å². The second kappa shape index (κ2) is 4.91. The minimum absolute atomic E-state index is 0.940. The van der Waals surface area contributed by atoms with Gasteiger partial charge >= 0.3 is 0 Å². The molecule has 0 atom stereocenters. The molecule has 0 saturated carbocycles. The third kappa shape index (κ3) is 2.43. The first-order chi connectivity index (χ1) is 4.74. The van der Waals surface area contributed by atoms with Gasteiger partial charge in [0.25, 0.3) is 0 Å². The Balaban J connectivity index is 3.87. The molecule has 10 heavy (non-hydrogen) atoms. The van der Waals surface area contributed by atoms with Crippen LogP contribution >= 0.6 is 0 Å². The zero-order chi connectivity index (χ0) is 8.04. The first-order valence-corrected chi connectivity index (χ1v) is 7.06. The van der Waals surface area contributed by atoms with E-state index in [0.29, 0.717) is 0 Å². The van der Waals surface area contributed by atoms with Crippen molar-refractivity contribution < 1.29 is 4.74 Å². The third-order valence-corrected chi connectivity index (χ3v) is 8.10. The molecule has 0 rings (SSSR count). The summed E-state index contributed by atoms with van der Waals surface area (Å²) in [6, 6.07) is 4.11. The van der Waals surface area contributed by atoms with E-state index in [9.17, 15) is 0 Å². The van der Waals surface area contributed by atoms with E-state index < -0.39 is 8.07 Å². The van der Waals surface area contributed by atoms with Crippen LogP contribution in [0.5, 0.6) is 0 Å². The average molecular weight is 160 g/mol. The van der Waals surface area contributed by atoms with E-state index in [4.69, 9.17) is 4.74 Å². The van der Waals surface area contributed by atoms with E-state index >= 15 is 0 Å². The number of rotatable bonds is 5. The second-order valence-corrected chi connectivity index (χ2v) is 8.40. The van der Waals surface area contributed by atoms with Crippen LogP contribution in [0, 0.1) is 0 Å². The molecule has 0 amide bonds. The lowest BCUT2D eigenvalue weighted by Gasteiger charge is -2.26. The van der Waals surface area contributed by atoms with E-state index in [0.717, 1.165) is 6.23 Å². The maximum absolute atomic E-state index is 5.24. The molecule has 2 heteroatoms. The molecule has 62 valence electrons. The monoisotopic (exact) mass is 160 g/mol. The molecule has 0 aliphatic carbocycles. The van der Waals surface area contributed by atoms with Crippen molar-refractivity contribution in [1.29, 1.82) is 0 Å². The Kier molecular flexibility index (Phi) is 5.00. The number of methoxy groups -OCH3 is 1. The first-order valence-electron chi connectivity index (χ1n) is 4.23. The lowest BCUT2D eigenvalue weighted by molar-refractivity contribution is 0.244. The van der Waals surface area contributed by atoms with Gasteiger partial charge in [-0.05, 0) is 0 Å². The van der Waals surface area contributed by atoms with Crippen LogP contribution in [0.4, 0.5) is 0 Å². The maximum atomic E-state index is 5.24. The largest absolute Gasteiger partial charge is 0.388 e. The minimum atomic E-state index is -0.940. The Bertz CT molecular complexity index is 71.1. The predicted molar refractivity (Wildman–Crippen MR) is 49.1 cm³/mol. The highest BCUT2D eigenvalue weighted by atomic mass is 28.3. The Labute approximate surface area is 65.8 Å². The van der Waals surface area contributed by atoms with E-state index in [1.165, 1.54) is 18.1 Å².